The molecule has 2 aromatic heterocycles. The highest BCUT2D eigenvalue weighted by atomic mass is 19.4. The van der Waals surface area contributed by atoms with Gasteiger partial charge in [0, 0.05) is 29.3 Å². The van der Waals surface area contributed by atoms with Crippen molar-refractivity contribution < 1.29 is 22.4 Å². The Kier molecular flexibility index (Phi) is 5.58. The number of hydrogen-bond donors (Lipinski definition) is 2. The van der Waals surface area contributed by atoms with Crippen LogP contribution in [-0.4, -0.2) is 15.9 Å². The van der Waals surface area contributed by atoms with Crippen molar-refractivity contribution >= 4 is 23.1 Å². The summed E-state index contributed by atoms with van der Waals surface area (Å²) in [4.78, 5) is 19.3. The summed E-state index contributed by atoms with van der Waals surface area (Å²) in [5.74, 6) is -1.96. The number of carbonyl (C=O) groups is 1. The van der Waals surface area contributed by atoms with Gasteiger partial charge in [0.05, 0.1) is 11.3 Å². The van der Waals surface area contributed by atoms with Crippen molar-refractivity contribution in [1.82, 2.24) is 9.97 Å². The predicted octanol–water partition coefficient (Wildman–Crippen LogP) is 5.17. The molecule has 2 N–H and O–H groups in total. The van der Waals surface area contributed by atoms with Crippen LogP contribution in [0.5, 0.6) is 0 Å². The zero-order valence-corrected chi connectivity index (χ0v) is 14.8. The van der Waals surface area contributed by atoms with E-state index in [1.165, 1.54) is 12.1 Å². The van der Waals surface area contributed by atoms with Crippen LogP contribution in [0.2, 0.25) is 0 Å². The lowest BCUT2D eigenvalue weighted by atomic mass is 10.1. The molecule has 3 aromatic rings. The van der Waals surface area contributed by atoms with Crippen LogP contribution in [0, 0.1) is 5.82 Å². The van der Waals surface area contributed by atoms with Crippen LogP contribution in [0.25, 0.3) is 11.3 Å². The van der Waals surface area contributed by atoms with Crippen molar-refractivity contribution in [3.05, 3.63) is 78.9 Å². The van der Waals surface area contributed by atoms with E-state index < -0.39 is 23.5 Å². The van der Waals surface area contributed by atoms with Crippen LogP contribution in [0.4, 0.5) is 34.8 Å². The van der Waals surface area contributed by atoms with Gasteiger partial charge < -0.3 is 10.6 Å². The van der Waals surface area contributed by atoms with Gasteiger partial charge in [0.1, 0.15) is 0 Å². The Morgan fingerprint density at radius 1 is 1.10 bits per heavy atom. The fourth-order valence-corrected chi connectivity index (χ4v) is 2.47. The summed E-state index contributed by atoms with van der Waals surface area (Å²) in [5.41, 5.74) is 0.562. The van der Waals surface area contributed by atoms with Crippen LogP contribution in [0.3, 0.4) is 0 Å². The van der Waals surface area contributed by atoms with E-state index in [4.69, 9.17) is 0 Å². The molecule has 1 amide bonds. The Hall–Kier alpha value is -3.75. The molecule has 148 valence electrons. The standard InChI is InChI=1S/C20H14F4N4O/c1-2-18(29)27-13-6-7-17(14(10-13)16-5-3-4-8-25-16)28-19-15(21)9-12(11-26-19)20(22,23)24/h2-11H,1H2,(H,26,28)(H,27,29). The van der Waals surface area contributed by atoms with Crippen LogP contribution in [0.1, 0.15) is 5.56 Å². The van der Waals surface area contributed by atoms with Crippen LogP contribution in [-0.2, 0) is 11.0 Å². The number of pyridine rings is 2. The summed E-state index contributed by atoms with van der Waals surface area (Å²) in [6, 6.07) is 10.2. The van der Waals surface area contributed by atoms with Crippen molar-refractivity contribution in [2.24, 2.45) is 0 Å². The van der Waals surface area contributed by atoms with Gasteiger partial charge in [0.15, 0.2) is 11.6 Å². The summed E-state index contributed by atoms with van der Waals surface area (Å²) in [6.45, 7) is 3.38. The molecule has 0 fully saturated rings. The first-order valence-corrected chi connectivity index (χ1v) is 8.26. The van der Waals surface area contributed by atoms with Crippen molar-refractivity contribution in [2.45, 2.75) is 6.18 Å². The first kappa shape index (κ1) is 20.0. The average Bonchev–Trinajstić information content (AvgIpc) is 2.70. The normalized spacial score (nSPS) is 11.0. The van der Waals surface area contributed by atoms with E-state index in [0.717, 1.165) is 6.08 Å². The minimum atomic E-state index is -4.70. The quantitative estimate of drug-likeness (QED) is 0.457. The molecule has 0 bridgehead atoms. The van der Waals surface area contributed by atoms with Crippen molar-refractivity contribution in [2.75, 3.05) is 10.6 Å². The first-order chi connectivity index (χ1) is 13.8. The summed E-state index contributed by atoms with van der Waals surface area (Å²) in [6.07, 6.45) is -1.50. The van der Waals surface area contributed by atoms with Gasteiger partial charge >= 0.3 is 6.18 Å². The smallest absolute Gasteiger partial charge is 0.337 e. The second-order valence-electron chi connectivity index (χ2n) is 5.85. The zero-order valence-electron chi connectivity index (χ0n) is 14.8. The van der Waals surface area contributed by atoms with Crippen LogP contribution >= 0.6 is 0 Å². The van der Waals surface area contributed by atoms with Crippen molar-refractivity contribution in [1.29, 1.82) is 0 Å². The highest BCUT2D eigenvalue weighted by Crippen LogP contribution is 2.34. The third kappa shape index (κ3) is 4.75. The van der Waals surface area contributed by atoms with Crippen LogP contribution in [0.15, 0.2) is 67.5 Å². The molecule has 0 saturated heterocycles. The van der Waals surface area contributed by atoms with E-state index in [1.807, 2.05) is 0 Å². The monoisotopic (exact) mass is 402 g/mol. The molecule has 0 saturated carbocycles. The predicted molar refractivity (Wildman–Crippen MR) is 101 cm³/mol. The molecule has 29 heavy (non-hydrogen) atoms. The lowest BCUT2D eigenvalue weighted by Crippen LogP contribution is -2.09. The fraction of sp³-hybridized carbons (Fsp3) is 0.0500. The fourth-order valence-electron chi connectivity index (χ4n) is 2.47. The first-order valence-electron chi connectivity index (χ1n) is 8.26. The van der Waals surface area contributed by atoms with Gasteiger partial charge in [-0.3, -0.25) is 9.78 Å². The lowest BCUT2D eigenvalue weighted by Gasteiger charge is -2.15. The zero-order chi connectivity index (χ0) is 21.0. The molecule has 5 nitrogen and oxygen atoms in total. The third-order valence-electron chi connectivity index (χ3n) is 3.83. The summed E-state index contributed by atoms with van der Waals surface area (Å²) in [5, 5.41) is 5.29. The number of rotatable bonds is 5. The summed E-state index contributed by atoms with van der Waals surface area (Å²) < 4.78 is 52.3. The maximum atomic E-state index is 14.2. The van der Waals surface area contributed by atoms with Gasteiger partial charge in [-0.2, -0.15) is 13.2 Å². The molecule has 0 aliphatic carbocycles. The second-order valence-corrected chi connectivity index (χ2v) is 5.85. The highest BCUT2D eigenvalue weighted by molar-refractivity contribution is 5.99. The molecule has 0 spiro atoms. The lowest BCUT2D eigenvalue weighted by molar-refractivity contribution is -0.138. The van der Waals surface area contributed by atoms with Gasteiger partial charge in [-0.25, -0.2) is 9.37 Å². The molecule has 2 heterocycles. The van der Waals surface area contributed by atoms with Gasteiger partial charge in [-0.15, -0.1) is 0 Å². The largest absolute Gasteiger partial charge is 0.417 e. The molecule has 0 aliphatic rings. The number of nitrogens with zero attached hydrogens (tertiary/aromatic N) is 2. The van der Waals surface area contributed by atoms with Gasteiger partial charge in [0.2, 0.25) is 5.91 Å². The molecule has 9 heteroatoms. The summed E-state index contributed by atoms with van der Waals surface area (Å²) in [7, 11) is 0. The maximum absolute atomic E-state index is 14.2. The SMILES string of the molecule is C=CC(=O)Nc1ccc(Nc2ncc(C(F)(F)F)cc2F)c(-c2ccccn2)c1. The average molecular weight is 402 g/mol. The molecule has 3 rings (SSSR count). The second kappa shape index (κ2) is 8.09. The van der Waals surface area contributed by atoms with Gasteiger partial charge in [0.25, 0.3) is 0 Å². The van der Waals surface area contributed by atoms with Gasteiger partial charge in [-0.05, 0) is 42.5 Å². The van der Waals surface area contributed by atoms with E-state index in [9.17, 15) is 22.4 Å². The molecular weight excluding hydrogens is 388 g/mol. The molecule has 0 aliphatic heterocycles. The number of alkyl halides is 3. The number of amides is 1. The minimum absolute atomic E-state index is 0.339. The number of anilines is 3. The molecule has 1 aromatic carbocycles. The minimum Gasteiger partial charge on any atom is -0.337 e. The van der Waals surface area contributed by atoms with Gasteiger partial charge in [-0.1, -0.05) is 12.6 Å². The molecular formula is C20H14F4N4O. The Morgan fingerprint density at radius 3 is 2.52 bits per heavy atom. The molecule has 0 atom stereocenters. The van der Waals surface area contributed by atoms with E-state index in [1.54, 1.807) is 30.5 Å². The van der Waals surface area contributed by atoms with Crippen molar-refractivity contribution in [3.8, 4) is 11.3 Å². The van der Waals surface area contributed by atoms with Crippen LogP contribution < -0.4 is 10.6 Å². The number of nitrogens with one attached hydrogen (secondary N) is 2. The van der Waals surface area contributed by atoms with E-state index in [-0.39, 0.29) is 5.82 Å². The number of aromatic nitrogens is 2. The topological polar surface area (TPSA) is 66.9 Å². The Labute approximate surface area is 163 Å². The Morgan fingerprint density at radius 2 is 1.90 bits per heavy atom. The van der Waals surface area contributed by atoms with Crippen molar-refractivity contribution in [3.63, 3.8) is 0 Å². The molecule has 0 radical (unpaired) electrons. The number of benzene rings is 1. The van der Waals surface area contributed by atoms with E-state index in [2.05, 4.69) is 27.2 Å². The Balaban J connectivity index is 2.00. The Bertz CT molecular complexity index is 1050. The van der Waals surface area contributed by atoms with E-state index in [0.29, 0.717) is 34.9 Å². The van der Waals surface area contributed by atoms with E-state index >= 15 is 0 Å². The highest BCUT2D eigenvalue weighted by Gasteiger charge is 2.32. The molecule has 0 unspecified atom stereocenters. The maximum Gasteiger partial charge on any atom is 0.417 e. The number of carbonyl (C=O) groups excluding carboxylic acids is 1. The summed E-state index contributed by atoms with van der Waals surface area (Å²) >= 11 is 0. The number of halogens is 4. The number of hydrogen-bond acceptors (Lipinski definition) is 4. The third-order valence-corrected chi connectivity index (χ3v) is 3.83.